The standard InChI is InChI=1S/C30H36N6O4/c1-38-28-19-23(18-24(20-31)29(28)40-26-7-16-39-17-8-26)27-6-9-32-30(34-27)33-25-4-2-22(3-5-25)21-36-12-10-35(11-13-36)14-15-37/h2-6,9,18-19,26,37H,7-8,10-17,21H2,1H3,(H,32,33,34). The first-order valence-corrected chi connectivity index (χ1v) is 13.8. The molecule has 0 spiro atoms. The number of hydrogen-bond donors (Lipinski definition) is 2. The fraction of sp³-hybridized carbons (Fsp3) is 0.433. The lowest BCUT2D eigenvalue weighted by atomic mass is 10.1. The highest BCUT2D eigenvalue weighted by molar-refractivity contribution is 5.69. The van der Waals surface area contributed by atoms with E-state index >= 15 is 0 Å². The topological polar surface area (TPSA) is 116 Å². The van der Waals surface area contributed by atoms with Crippen LogP contribution >= 0.6 is 0 Å². The van der Waals surface area contributed by atoms with Crippen molar-refractivity contribution in [3.05, 3.63) is 59.8 Å². The minimum atomic E-state index is -0.0103. The molecule has 10 heteroatoms. The average molecular weight is 545 g/mol. The van der Waals surface area contributed by atoms with Crippen LogP contribution in [0.5, 0.6) is 11.5 Å². The molecule has 0 bridgehead atoms. The van der Waals surface area contributed by atoms with Crippen molar-refractivity contribution in [2.45, 2.75) is 25.5 Å². The third-order valence-corrected chi connectivity index (χ3v) is 7.30. The molecule has 10 nitrogen and oxygen atoms in total. The zero-order valence-corrected chi connectivity index (χ0v) is 22.9. The molecule has 2 aliphatic heterocycles. The van der Waals surface area contributed by atoms with Crippen LogP contribution in [0, 0.1) is 11.3 Å². The van der Waals surface area contributed by atoms with E-state index in [1.807, 2.05) is 24.3 Å². The summed E-state index contributed by atoms with van der Waals surface area (Å²) in [6, 6.07) is 16.0. The summed E-state index contributed by atoms with van der Waals surface area (Å²) >= 11 is 0. The number of piperazine rings is 1. The Hall–Kier alpha value is -3.75. The van der Waals surface area contributed by atoms with Gasteiger partial charge in [0.15, 0.2) is 11.5 Å². The fourth-order valence-corrected chi connectivity index (χ4v) is 5.04. The minimum absolute atomic E-state index is 0.0103. The molecule has 2 saturated heterocycles. The summed E-state index contributed by atoms with van der Waals surface area (Å²) in [5.41, 5.74) is 3.95. The SMILES string of the molecule is COc1cc(-c2ccnc(Nc3ccc(CN4CCN(CCO)CC4)cc3)n2)cc(C#N)c1OC1CCOCC1. The zero-order valence-electron chi connectivity index (χ0n) is 22.9. The van der Waals surface area contributed by atoms with Gasteiger partial charge in [0, 0.05) is 69.6 Å². The van der Waals surface area contributed by atoms with Crippen molar-refractivity contribution in [3.8, 4) is 28.8 Å². The molecular weight excluding hydrogens is 508 g/mol. The summed E-state index contributed by atoms with van der Waals surface area (Å²) in [5.74, 6) is 1.42. The van der Waals surface area contributed by atoms with Crippen LogP contribution in [-0.4, -0.2) is 90.6 Å². The van der Waals surface area contributed by atoms with Gasteiger partial charge in [0.05, 0.1) is 38.2 Å². The highest BCUT2D eigenvalue weighted by Gasteiger charge is 2.22. The van der Waals surface area contributed by atoms with E-state index in [0.717, 1.165) is 63.4 Å². The van der Waals surface area contributed by atoms with Crippen LogP contribution in [0.15, 0.2) is 48.7 Å². The van der Waals surface area contributed by atoms with Gasteiger partial charge in [0.1, 0.15) is 12.2 Å². The van der Waals surface area contributed by atoms with Crippen molar-refractivity contribution in [3.63, 3.8) is 0 Å². The average Bonchev–Trinajstić information content (AvgIpc) is 3.00. The van der Waals surface area contributed by atoms with Crippen LogP contribution in [0.25, 0.3) is 11.3 Å². The van der Waals surface area contributed by atoms with E-state index in [0.29, 0.717) is 41.9 Å². The zero-order chi connectivity index (χ0) is 27.7. The number of aliphatic hydroxyl groups excluding tert-OH is 1. The van der Waals surface area contributed by atoms with Gasteiger partial charge in [-0.2, -0.15) is 5.26 Å². The van der Waals surface area contributed by atoms with Gasteiger partial charge in [0.25, 0.3) is 0 Å². The number of nitrogens with one attached hydrogen (secondary N) is 1. The number of aliphatic hydroxyl groups is 1. The van der Waals surface area contributed by atoms with Crippen molar-refractivity contribution < 1.29 is 19.3 Å². The number of methoxy groups -OCH3 is 1. The second-order valence-electron chi connectivity index (χ2n) is 10.0. The predicted molar refractivity (Wildman–Crippen MR) is 152 cm³/mol. The Morgan fingerprint density at radius 3 is 2.52 bits per heavy atom. The highest BCUT2D eigenvalue weighted by atomic mass is 16.5. The van der Waals surface area contributed by atoms with Gasteiger partial charge in [-0.3, -0.25) is 9.80 Å². The summed E-state index contributed by atoms with van der Waals surface area (Å²) in [4.78, 5) is 13.8. The molecular formula is C30H36N6O4. The fourth-order valence-electron chi connectivity index (χ4n) is 5.04. The molecule has 1 aromatic heterocycles. The van der Waals surface area contributed by atoms with Gasteiger partial charge in [0.2, 0.25) is 5.95 Å². The minimum Gasteiger partial charge on any atom is -0.493 e. The quantitative estimate of drug-likeness (QED) is 0.393. The molecule has 5 rings (SSSR count). The first-order chi connectivity index (χ1) is 19.6. The lowest BCUT2D eigenvalue weighted by molar-refractivity contribution is 0.0244. The van der Waals surface area contributed by atoms with Crippen LogP contribution in [0.2, 0.25) is 0 Å². The summed E-state index contributed by atoms with van der Waals surface area (Å²) in [5, 5.41) is 22.3. The van der Waals surface area contributed by atoms with Crippen molar-refractivity contribution in [2.75, 3.05) is 65.0 Å². The molecule has 0 unspecified atom stereocenters. The molecule has 210 valence electrons. The lowest BCUT2D eigenvalue weighted by Crippen LogP contribution is -2.46. The third-order valence-electron chi connectivity index (χ3n) is 7.30. The molecule has 0 aliphatic carbocycles. The van der Waals surface area contributed by atoms with Crippen LogP contribution in [-0.2, 0) is 11.3 Å². The molecule has 2 N–H and O–H groups in total. The highest BCUT2D eigenvalue weighted by Crippen LogP contribution is 2.37. The maximum Gasteiger partial charge on any atom is 0.227 e. The van der Waals surface area contributed by atoms with E-state index in [4.69, 9.17) is 24.3 Å². The van der Waals surface area contributed by atoms with Crippen molar-refractivity contribution in [1.29, 1.82) is 5.26 Å². The Morgan fingerprint density at radius 1 is 1.07 bits per heavy atom. The number of aromatic nitrogens is 2. The van der Waals surface area contributed by atoms with Gasteiger partial charge >= 0.3 is 0 Å². The molecule has 0 radical (unpaired) electrons. The molecule has 3 aromatic rings. The Bertz CT molecular complexity index is 1300. The van der Waals surface area contributed by atoms with E-state index in [9.17, 15) is 5.26 Å². The Balaban J connectivity index is 1.25. The molecule has 0 atom stereocenters. The first kappa shape index (κ1) is 27.8. The number of hydrogen-bond acceptors (Lipinski definition) is 10. The lowest BCUT2D eigenvalue weighted by Gasteiger charge is -2.34. The summed E-state index contributed by atoms with van der Waals surface area (Å²) in [7, 11) is 1.57. The van der Waals surface area contributed by atoms with Crippen molar-refractivity contribution in [1.82, 2.24) is 19.8 Å². The van der Waals surface area contributed by atoms with Crippen molar-refractivity contribution in [2.24, 2.45) is 0 Å². The van der Waals surface area contributed by atoms with Crippen LogP contribution in [0.4, 0.5) is 11.6 Å². The first-order valence-electron chi connectivity index (χ1n) is 13.8. The number of ether oxygens (including phenoxy) is 3. The van der Waals surface area contributed by atoms with E-state index in [1.165, 1.54) is 5.56 Å². The predicted octanol–water partition coefficient (Wildman–Crippen LogP) is 3.44. The molecule has 2 aliphatic rings. The molecule has 2 fully saturated rings. The van der Waals surface area contributed by atoms with Gasteiger partial charge in [-0.05, 0) is 35.9 Å². The summed E-state index contributed by atoms with van der Waals surface area (Å²) < 4.78 is 17.2. The van der Waals surface area contributed by atoms with E-state index in [1.54, 1.807) is 19.4 Å². The monoisotopic (exact) mass is 544 g/mol. The van der Waals surface area contributed by atoms with Gasteiger partial charge in [-0.25, -0.2) is 9.97 Å². The smallest absolute Gasteiger partial charge is 0.227 e. The van der Waals surface area contributed by atoms with Gasteiger partial charge < -0.3 is 24.6 Å². The molecule has 3 heterocycles. The molecule has 0 saturated carbocycles. The molecule has 2 aromatic carbocycles. The normalized spacial score (nSPS) is 16.8. The number of nitriles is 1. The molecule has 40 heavy (non-hydrogen) atoms. The van der Waals surface area contributed by atoms with Crippen LogP contribution in [0.3, 0.4) is 0 Å². The van der Waals surface area contributed by atoms with E-state index in [2.05, 4.69) is 38.3 Å². The van der Waals surface area contributed by atoms with Crippen LogP contribution in [0.1, 0.15) is 24.0 Å². The van der Waals surface area contributed by atoms with Gasteiger partial charge in [-0.15, -0.1) is 0 Å². The third kappa shape index (κ3) is 7.06. The second kappa shape index (κ2) is 13.5. The number of β-amino-alcohol motifs (C(OH)–C–C–N with tert-alkyl or cyclic N) is 1. The van der Waals surface area contributed by atoms with E-state index < -0.39 is 0 Å². The van der Waals surface area contributed by atoms with Crippen molar-refractivity contribution >= 4 is 11.6 Å². The Kier molecular flexibility index (Phi) is 9.42. The maximum atomic E-state index is 9.88. The largest absolute Gasteiger partial charge is 0.493 e. The van der Waals surface area contributed by atoms with E-state index in [-0.39, 0.29) is 12.7 Å². The second-order valence-corrected chi connectivity index (χ2v) is 10.0. The molecule has 0 amide bonds. The number of benzene rings is 2. The maximum absolute atomic E-state index is 9.88. The number of nitrogens with zero attached hydrogens (tertiary/aromatic N) is 5. The summed E-state index contributed by atoms with van der Waals surface area (Å²) in [6.45, 7) is 7.14. The number of rotatable bonds is 10. The number of anilines is 2. The van der Waals surface area contributed by atoms with Crippen LogP contribution < -0.4 is 14.8 Å². The summed E-state index contributed by atoms with van der Waals surface area (Å²) in [6.07, 6.45) is 3.24. The Labute approximate surface area is 235 Å². The Morgan fingerprint density at radius 2 is 1.82 bits per heavy atom. The van der Waals surface area contributed by atoms with Gasteiger partial charge in [-0.1, -0.05) is 12.1 Å².